The normalized spacial score (nSPS) is 13.7. The Hall–Kier alpha value is -0.630. The number of nitrogens with one attached hydrogen (secondary N) is 1. The zero-order chi connectivity index (χ0) is 14.6. The maximum Gasteiger partial charge on any atom is 0.311 e. The number of carboxylic acid groups (broad SMARTS) is 1. The van der Waals surface area contributed by atoms with Gasteiger partial charge in [0.1, 0.15) is 0 Å². The fourth-order valence-corrected chi connectivity index (χ4v) is 2.34. The number of halogens is 2. The van der Waals surface area contributed by atoms with Crippen molar-refractivity contribution in [2.45, 2.75) is 20.3 Å². The third-order valence-corrected chi connectivity index (χ3v) is 4.54. The van der Waals surface area contributed by atoms with Crippen molar-refractivity contribution in [3.05, 3.63) is 31.8 Å². The number of benzene rings is 1. The number of aliphatic carboxylic acids is 1. The van der Waals surface area contributed by atoms with Gasteiger partial charge in [0.05, 0.1) is 11.0 Å². The van der Waals surface area contributed by atoms with Crippen molar-refractivity contribution >= 4 is 50.4 Å². The van der Waals surface area contributed by atoms with Crippen LogP contribution in [0.4, 0.5) is 0 Å². The van der Waals surface area contributed by atoms with E-state index in [1.165, 1.54) is 0 Å². The molecule has 1 atom stereocenters. The Morgan fingerprint density at radius 1 is 1.47 bits per heavy atom. The molecule has 0 bridgehead atoms. The van der Waals surface area contributed by atoms with E-state index < -0.39 is 11.4 Å². The lowest BCUT2D eigenvalue weighted by molar-refractivity contribution is -0.147. The highest BCUT2D eigenvalue weighted by atomic mass is 127. The van der Waals surface area contributed by atoms with E-state index in [1.54, 1.807) is 19.9 Å². The molecule has 0 radical (unpaired) electrons. The second-order valence-electron chi connectivity index (χ2n) is 4.53. The quantitative estimate of drug-likeness (QED) is 0.692. The molecule has 2 N–H and O–H groups in total. The number of carboxylic acids is 1. The van der Waals surface area contributed by atoms with E-state index in [0.717, 1.165) is 8.04 Å². The lowest BCUT2D eigenvalue weighted by atomic mass is 9.87. The summed E-state index contributed by atoms with van der Waals surface area (Å²) in [7, 11) is 0. The van der Waals surface area contributed by atoms with E-state index in [0.29, 0.717) is 12.0 Å². The predicted molar refractivity (Wildman–Crippen MR) is 85.2 cm³/mol. The summed E-state index contributed by atoms with van der Waals surface area (Å²) in [5, 5.41) is 11.8. The summed E-state index contributed by atoms with van der Waals surface area (Å²) in [6, 6.07) is 5.41. The number of carbonyl (C=O) groups excluding carboxylic acids is 1. The smallest absolute Gasteiger partial charge is 0.311 e. The van der Waals surface area contributed by atoms with Crippen LogP contribution in [0.15, 0.2) is 22.7 Å². The monoisotopic (exact) mass is 439 g/mol. The first kappa shape index (κ1) is 16.4. The first-order chi connectivity index (χ1) is 8.80. The summed E-state index contributed by atoms with van der Waals surface area (Å²) in [6.45, 7) is 3.53. The Balaban J connectivity index is 2.81. The molecule has 1 rings (SSSR count). The van der Waals surface area contributed by atoms with Crippen LogP contribution in [0.5, 0.6) is 0 Å². The number of hydrogen-bond acceptors (Lipinski definition) is 2. The molecule has 104 valence electrons. The van der Waals surface area contributed by atoms with E-state index in [1.807, 2.05) is 12.1 Å². The second kappa shape index (κ2) is 6.69. The largest absolute Gasteiger partial charge is 0.481 e. The maximum atomic E-state index is 12.1. The first-order valence-corrected chi connectivity index (χ1v) is 7.64. The van der Waals surface area contributed by atoms with Crippen LogP contribution in [0, 0.1) is 8.99 Å². The fourth-order valence-electron chi connectivity index (χ4n) is 1.39. The molecular weight excluding hydrogens is 425 g/mol. The van der Waals surface area contributed by atoms with Gasteiger partial charge in [-0.1, -0.05) is 22.9 Å². The van der Waals surface area contributed by atoms with Gasteiger partial charge in [-0.15, -0.1) is 0 Å². The molecule has 4 nitrogen and oxygen atoms in total. The van der Waals surface area contributed by atoms with Gasteiger partial charge in [-0.25, -0.2) is 0 Å². The molecule has 0 aliphatic carbocycles. The number of carbonyl (C=O) groups is 2. The van der Waals surface area contributed by atoms with Crippen LogP contribution < -0.4 is 5.32 Å². The highest BCUT2D eigenvalue weighted by Gasteiger charge is 2.31. The van der Waals surface area contributed by atoms with Crippen molar-refractivity contribution in [2.75, 3.05) is 6.54 Å². The molecule has 1 unspecified atom stereocenters. The average Bonchev–Trinajstić information content (AvgIpc) is 2.38. The zero-order valence-electron chi connectivity index (χ0n) is 10.7. The summed E-state index contributed by atoms with van der Waals surface area (Å²) in [5.41, 5.74) is -0.397. The minimum Gasteiger partial charge on any atom is -0.481 e. The molecule has 6 heteroatoms. The van der Waals surface area contributed by atoms with Crippen molar-refractivity contribution < 1.29 is 14.7 Å². The Kier molecular flexibility index (Phi) is 5.79. The lowest BCUT2D eigenvalue weighted by Crippen LogP contribution is -2.40. The van der Waals surface area contributed by atoms with E-state index in [-0.39, 0.29) is 12.5 Å². The Morgan fingerprint density at radius 3 is 2.63 bits per heavy atom. The van der Waals surface area contributed by atoms with Gasteiger partial charge >= 0.3 is 5.97 Å². The van der Waals surface area contributed by atoms with Crippen LogP contribution in [-0.4, -0.2) is 23.5 Å². The predicted octanol–water partition coefficient (Wildman–Crippen LogP) is 3.28. The number of amides is 1. The Labute approximate surface area is 134 Å². The Bertz CT molecular complexity index is 507. The molecule has 1 amide bonds. The molecule has 0 aromatic heterocycles. The van der Waals surface area contributed by atoms with Gasteiger partial charge in [-0.2, -0.15) is 0 Å². The highest BCUT2D eigenvalue weighted by Crippen LogP contribution is 2.21. The third kappa shape index (κ3) is 4.17. The molecule has 0 saturated carbocycles. The van der Waals surface area contributed by atoms with Crippen LogP contribution >= 0.6 is 38.5 Å². The average molecular weight is 440 g/mol. The van der Waals surface area contributed by atoms with Gasteiger partial charge in [-0.05, 0) is 54.1 Å². The van der Waals surface area contributed by atoms with Gasteiger partial charge in [0.25, 0.3) is 5.91 Å². The highest BCUT2D eigenvalue weighted by molar-refractivity contribution is 14.1. The summed E-state index contributed by atoms with van der Waals surface area (Å²) in [6.07, 6.45) is 0.457. The van der Waals surface area contributed by atoms with E-state index >= 15 is 0 Å². The maximum absolute atomic E-state index is 12.1. The summed E-state index contributed by atoms with van der Waals surface area (Å²) < 4.78 is 1.64. The van der Waals surface area contributed by atoms with Crippen LogP contribution in [-0.2, 0) is 4.79 Å². The van der Waals surface area contributed by atoms with Crippen molar-refractivity contribution in [3.63, 3.8) is 0 Å². The molecule has 0 fully saturated rings. The van der Waals surface area contributed by atoms with Gasteiger partial charge in [-0.3, -0.25) is 9.59 Å². The molecule has 0 aliphatic heterocycles. The standard InChI is InChI=1S/C13H15BrINO3/c1-3-13(2,12(18)19)7-16-11(17)9-6-8(14)4-5-10(9)15/h4-6H,3,7H2,1-2H3,(H,16,17)(H,18,19). The van der Waals surface area contributed by atoms with Crippen LogP contribution in [0.3, 0.4) is 0 Å². The summed E-state index contributed by atoms with van der Waals surface area (Å²) >= 11 is 5.39. The molecule has 0 saturated heterocycles. The molecule has 0 spiro atoms. The summed E-state index contributed by atoms with van der Waals surface area (Å²) in [5.74, 6) is -1.16. The molecular formula is C13H15BrINO3. The van der Waals surface area contributed by atoms with Gasteiger partial charge in [0, 0.05) is 14.6 Å². The second-order valence-corrected chi connectivity index (χ2v) is 6.60. The minimum absolute atomic E-state index is 0.111. The SMILES string of the molecule is CCC(C)(CNC(=O)c1cc(Br)ccc1I)C(=O)O. The molecule has 0 heterocycles. The van der Waals surface area contributed by atoms with Crippen molar-refractivity contribution in [1.29, 1.82) is 0 Å². The zero-order valence-corrected chi connectivity index (χ0v) is 14.4. The minimum atomic E-state index is -0.937. The van der Waals surface area contributed by atoms with Crippen molar-refractivity contribution in [1.82, 2.24) is 5.32 Å². The first-order valence-electron chi connectivity index (χ1n) is 5.77. The molecule has 19 heavy (non-hydrogen) atoms. The molecule has 1 aromatic rings. The lowest BCUT2D eigenvalue weighted by Gasteiger charge is -2.23. The Morgan fingerprint density at radius 2 is 2.11 bits per heavy atom. The van der Waals surface area contributed by atoms with Gasteiger partial charge in [0.2, 0.25) is 0 Å². The van der Waals surface area contributed by atoms with Gasteiger partial charge in [0.15, 0.2) is 0 Å². The van der Waals surface area contributed by atoms with Crippen LogP contribution in [0.1, 0.15) is 30.6 Å². The third-order valence-electron chi connectivity index (χ3n) is 3.11. The van der Waals surface area contributed by atoms with Crippen LogP contribution in [0.25, 0.3) is 0 Å². The molecule has 1 aromatic carbocycles. The van der Waals surface area contributed by atoms with Crippen molar-refractivity contribution in [2.24, 2.45) is 5.41 Å². The van der Waals surface area contributed by atoms with E-state index in [2.05, 4.69) is 43.8 Å². The number of hydrogen-bond donors (Lipinski definition) is 2. The van der Waals surface area contributed by atoms with Gasteiger partial charge < -0.3 is 10.4 Å². The number of rotatable bonds is 5. The van der Waals surface area contributed by atoms with Crippen molar-refractivity contribution in [3.8, 4) is 0 Å². The topological polar surface area (TPSA) is 66.4 Å². The van der Waals surface area contributed by atoms with Crippen LogP contribution in [0.2, 0.25) is 0 Å². The van der Waals surface area contributed by atoms with E-state index in [9.17, 15) is 9.59 Å². The van der Waals surface area contributed by atoms with E-state index in [4.69, 9.17) is 5.11 Å². The molecule has 0 aliphatic rings. The summed E-state index contributed by atoms with van der Waals surface area (Å²) in [4.78, 5) is 23.2. The fraction of sp³-hybridized carbons (Fsp3) is 0.385.